The van der Waals surface area contributed by atoms with E-state index in [1.54, 1.807) is 18.2 Å². The largest absolute Gasteiger partial charge is 0.481 e. The molecule has 0 bridgehead atoms. The third-order valence-corrected chi connectivity index (χ3v) is 3.09. The van der Waals surface area contributed by atoms with Gasteiger partial charge in [0.2, 0.25) is 0 Å². The van der Waals surface area contributed by atoms with Gasteiger partial charge in [0, 0.05) is 5.56 Å². The number of rotatable bonds is 3. The van der Waals surface area contributed by atoms with E-state index in [9.17, 15) is 9.18 Å². The second-order valence-corrected chi connectivity index (χ2v) is 4.16. The maximum Gasteiger partial charge on any atom is 0.305 e. The number of hydrogen-bond acceptors (Lipinski definition) is 2. The number of carbonyl (C=O) groups is 1. The molecule has 4 heteroatoms. The van der Waals surface area contributed by atoms with E-state index in [0.717, 1.165) is 13.0 Å². The number of nitrogens with one attached hydrogen (secondary N) is 1. The highest BCUT2D eigenvalue weighted by atomic mass is 19.1. The average Bonchev–Trinajstić information content (AvgIpc) is 2.67. The standard InChI is InChI=1S/C12H14FNO2/c13-10-5-2-1-4-9(10)12(8-11(15)16)6-3-7-14-12/h1-2,4-5,14H,3,6-8H2,(H,15,16). The average molecular weight is 223 g/mol. The third-order valence-electron chi connectivity index (χ3n) is 3.09. The summed E-state index contributed by atoms with van der Waals surface area (Å²) in [6.07, 6.45) is 1.47. The molecule has 2 N–H and O–H groups in total. The molecule has 1 saturated heterocycles. The summed E-state index contributed by atoms with van der Waals surface area (Å²) in [5.41, 5.74) is -0.258. The van der Waals surface area contributed by atoms with Crippen molar-refractivity contribution in [3.8, 4) is 0 Å². The summed E-state index contributed by atoms with van der Waals surface area (Å²) < 4.78 is 13.7. The predicted molar refractivity (Wildman–Crippen MR) is 57.6 cm³/mol. The minimum absolute atomic E-state index is 0.0755. The van der Waals surface area contributed by atoms with E-state index in [2.05, 4.69) is 5.32 Å². The molecule has 16 heavy (non-hydrogen) atoms. The topological polar surface area (TPSA) is 49.3 Å². The highest BCUT2D eigenvalue weighted by molar-refractivity contribution is 5.69. The van der Waals surface area contributed by atoms with Gasteiger partial charge in [0.25, 0.3) is 0 Å². The van der Waals surface area contributed by atoms with Crippen LogP contribution in [-0.2, 0) is 10.3 Å². The van der Waals surface area contributed by atoms with Crippen LogP contribution in [-0.4, -0.2) is 17.6 Å². The Morgan fingerprint density at radius 3 is 2.81 bits per heavy atom. The fraction of sp³-hybridized carbons (Fsp3) is 0.417. The first-order valence-corrected chi connectivity index (χ1v) is 5.36. The van der Waals surface area contributed by atoms with Crippen LogP contribution in [0, 0.1) is 5.82 Å². The molecular formula is C12H14FNO2. The highest BCUT2D eigenvalue weighted by Gasteiger charge is 2.39. The van der Waals surface area contributed by atoms with Gasteiger partial charge in [-0.05, 0) is 25.5 Å². The van der Waals surface area contributed by atoms with E-state index < -0.39 is 11.5 Å². The molecule has 1 aromatic rings. The molecule has 0 amide bonds. The molecule has 0 aromatic heterocycles. The Morgan fingerprint density at radius 1 is 1.50 bits per heavy atom. The second-order valence-electron chi connectivity index (χ2n) is 4.16. The van der Waals surface area contributed by atoms with Gasteiger partial charge in [-0.2, -0.15) is 0 Å². The van der Waals surface area contributed by atoms with Crippen LogP contribution < -0.4 is 5.32 Å². The van der Waals surface area contributed by atoms with E-state index in [0.29, 0.717) is 12.0 Å². The number of hydrogen-bond donors (Lipinski definition) is 2. The summed E-state index contributed by atoms with van der Waals surface area (Å²) in [6, 6.07) is 6.39. The number of benzene rings is 1. The van der Waals surface area contributed by atoms with Gasteiger partial charge in [0.15, 0.2) is 0 Å². The zero-order chi connectivity index (χ0) is 11.6. The van der Waals surface area contributed by atoms with Gasteiger partial charge in [0.1, 0.15) is 5.82 Å². The second kappa shape index (κ2) is 4.22. The predicted octanol–water partition coefficient (Wildman–Crippen LogP) is 1.88. The van der Waals surface area contributed by atoms with Crippen LogP contribution in [0.15, 0.2) is 24.3 Å². The molecule has 3 nitrogen and oxygen atoms in total. The van der Waals surface area contributed by atoms with Crippen molar-refractivity contribution in [3.63, 3.8) is 0 Å². The lowest BCUT2D eigenvalue weighted by atomic mass is 9.85. The Labute approximate surface area is 93.3 Å². The number of carboxylic acid groups (broad SMARTS) is 1. The van der Waals surface area contributed by atoms with E-state index in [1.807, 2.05) is 0 Å². The molecule has 1 aromatic carbocycles. The van der Waals surface area contributed by atoms with Gasteiger partial charge in [0.05, 0.1) is 12.0 Å². The lowest BCUT2D eigenvalue weighted by molar-refractivity contribution is -0.138. The van der Waals surface area contributed by atoms with Crippen molar-refractivity contribution < 1.29 is 14.3 Å². The van der Waals surface area contributed by atoms with Crippen LogP contribution >= 0.6 is 0 Å². The van der Waals surface area contributed by atoms with Gasteiger partial charge in [-0.1, -0.05) is 18.2 Å². The van der Waals surface area contributed by atoms with Gasteiger partial charge >= 0.3 is 5.97 Å². The van der Waals surface area contributed by atoms with Gasteiger partial charge < -0.3 is 10.4 Å². The molecule has 0 radical (unpaired) electrons. The molecule has 0 aliphatic carbocycles. The fourth-order valence-electron chi connectivity index (χ4n) is 2.39. The highest BCUT2D eigenvalue weighted by Crippen LogP contribution is 2.35. The smallest absolute Gasteiger partial charge is 0.305 e. The number of aliphatic carboxylic acids is 1. The summed E-state index contributed by atoms with van der Waals surface area (Å²) in [5, 5.41) is 12.1. The van der Waals surface area contributed by atoms with Crippen LogP contribution in [0.25, 0.3) is 0 Å². The van der Waals surface area contributed by atoms with Crippen molar-refractivity contribution in [2.75, 3.05) is 6.54 Å². The van der Waals surface area contributed by atoms with Gasteiger partial charge in [-0.3, -0.25) is 4.79 Å². The minimum atomic E-state index is -0.905. The summed E-state index contributed by atoms with van der Waals surface area (Å²) >= 11 is 0. The molecule has 0 spiro atoms. The number of halogens is 1. The van der Waals surface area contributed by atoms with Crippen LogP contribution in [0.2, 0.25) is 0 Å². The lowest BCUT2D eigenvalue weighted by Crippen LogP contribution is -2.39. The molecule has 1 fully saturated rings. The first-order valence-electron chi connectivity index (χ1n) is 5.36. The first kappa shape index (κ1) is 11.1. The van der Waals surface area contributed by atoms with Crippen molar-refractivity contribution >= 4 is 5.97 Å². The Balaban J connectivity index is 2.39. The van der Waals surface area contributed by atoms with Crippen LogP contribution in [0.4, 0.5) is 4.39 Å². The van der Waals surface area contributed by atoms with Crippen LogP contribution in [0.1, 0.15) is 24.8 Å². The first-order chi connectivity index (χ1) is 7.64. The van der Waals surface area contributed by atoms with E-state index in [4.69, 9.17) is 5.11 Å². The zero-order valence-electron chi connectivity index (χ0n) is 8.87. The van der Waals surface area contributed by atoms with Crippen LogP contribution in [0.5, 0.6) is 0 Å². The molecule has 1 aliphatic heterocycles. The molecule has 1 atom stereocenters. The Kier molecular flexibility index (Phi) is 2.92. The summed E-state index contributed by atoms with van der Waals surface area (Å²) in [7, 11) is 0. The minimum Gasteiger partial charge on any atom is -0.481 e. The maximum absolute atomic E-state index is 13.7. The van der Waals surface area contributed by atoms with Crippen molar-refractivity contribution in [3.05, 3.63) is 35.6 Å². The van der Waals surface area contributed by atoms with Crippen LogP contribution in [0.3, 0.4) is 0 Å². The van der Waals surface area contributed by atoms with Gasteiger partial charge in [-0.25, -0.2) is 4.39 Å². The summed E-state index contributed by atoms with van der Waals surface area (Å²) in [5.74, 6) is -1.24. The summed E-state index contributed by atoms with van der Waals surface area (Å²) in [6.45, 7) is 0.738. The normalized spacial score (nSPS) is 24.6. The third kappa shape index (κ3) is 1.93. The fourth-order valence-corrected chi connectivity index (χ4v) is 2.39. The molecule has 1 heterocycles. The van der Waals surface area contributed by atoms with Crippen molar-refractivity contribution in [2.24, 2.45) is 0 Å². The van der Waals surface area contributed by atoms with Crippen molar-refractivity contribution in [2.45, 2.75) is 24.8 Å². The van der Waals surface area contributed by atoms with E-state index >= 15 is 0 Å². The SMILES string of the molecule is O=C(O)CC1(c2ccccc2F)CCCN1. The molecule has 0 saturated carbocycles. The van der Waals surface area contributed by atoms with Gasteiger partial charge in [-0.15, -0.1) is 0 Å². The van der Waals surface area contributed by atoms with E-state index in [1.165, 1.54) is 6.07 Å². The Hall–Kier alpha value is -1.42. The maximum atomic E-state index is 13.7. The number of carboxylic acids is 1. The zero-order valence-corrected chi connectivity index (χ0v) is 8.87. The lowest BCUT2D eigenvalue weighted by Gasteiger charge is -2.28. The molecule has 2 rings (SSSR count). The Bertz CT molecular complexity index is 400. The Morgan fingerprint density at radius 2 is 2.25 bits per heavy atom. The van der Waals surface area contributed by atoms with Crippen molar-refractivity contribution in [1.29, 1.82) is 0 Å². The van der Waals surface area contributed by atoms with E-state index in [-0.39, 0.29) is 12.2 Å². The molecular weight excluding hydrogens is 209 g/mol. The quantitative estimate of drug-likeness (QED) is 0.822. The molecule has 1 unspecified atom stereocenters. The van der Waals surface area contributed by atoms with Crippen molar-refractivity contribution in [1.82, 2.24) is 5.32 Å². The monoisotopic (exact) mass is 223 g/mol. The molecule has 86 valence electrons. The molecule has 1 aliphatic rings. The summed E-state index contributed by atoms with van der Waals surface area (Å²) in [4.78, 5) is 10.9.